The fraction of sp³-hybridized carbons (Fsp3) is 0.250. The zero-order valence-corrected chi connectivity index (χ0v) is 16.4. The number of aromatic nitrogens is 1. The van der Waals surface area contributed by atoms with E-state index in [-0.39, 0.29) is 24.9 Å². The van der Waals surface area contributed by atoms with Gasteiger partial charge in [-0.1, -0.05) is 41.9 Å². The van der Waals surface area contributed by atoms with Gasteiger partial charge >= 0.3 is 5.97 Å². The van der Waals surface area contributed by atoms with Crippen LogP contribution in [0.3, 0.4) is 0 Å². The third kappa shape index (κ3) is 5.23. The molecule has 3 N–H and O–H groups in total. The number of carbonyl (C=O) groups is 1. The number of H-pyrrole nitrogens is 1. The van der Waals surface area contributed by atoms with Crippen molar-refractivity contribution < 1.29 is 14.6 Å². The second kappa shape index (κ2) is 9.76. The number of ether oxygens (including phenoxy) is 1. The lowest BCUT2D eigenvalue weighted by atomic mass is 10.0. The highest BCUT2D eigenvalue weighted by Gasteiger charge is 2.22. The van der Waals surface area contributed by atoms with Crippen molar-refractivity contribution in [3.63, 3.8) is 0 Å². The van der Waals surface area contributed by atoms with Crippen molar-refractivity contribution in [1.82, 2.24) is 10.3 Å². The predicted octanol–water partition coefficient (Wildman–Crippen LogP) is 3.65. The van der Waals surface area contributed by atoms with E-state index >= 15 is 0 Å². The van der Waals surface area contributed by atoms with Crippen molar-refractivity contribution >= 4 is 40.9 Å². The molecule has 2 aromatic carbocycles. The van der Waals surface area contributed by atoms with Gasteiger partial charge in [0.15, 0.2) is 0 Å². The number of hydrogen-bond donors (Lipinski definition) is 3. The van der Waals surface area contributed by atoms with E-state index in [9.17, 15) is 9.90 Å². The van der Waals surface area contributed by atoms with Crippen LogP contribution in [-0.2, 0) is 16.0 Å². The minimum Gasteiger partial charge on any atom is -0.468 e. The Hall–Kier alpha value is -2.05. The lowest BCUT2D eigenvalue weighted by Gasteiger charge is -2.19. The van der Waals surface area contributed by atoms with E-state index in [1.807, 2.05) is 30.5 Å². The summed E-state index contributed by atoms with van der Waals surface area (Å²) in [5.41, 5.74) is 2.73. The Morgan fingerprint density at radius 2 is 2.04 bits per heavy atom. The van der Waals surface area contributed by atoms with Gasteiger partial charge in [0, 0.05) is 35.1 Å². The van der Waals surface area contributed by atoms with E-state index in [1.165, 1.54) is 7.11 Å². The molecule has 3 aromatic rings. The smallest absolute Gasteiger partial charge is 0.323 e. The molecule has 5 nitrogen and oxygen atoms in total. The molecule has 0 spiro atoms. The lowest BCUT2D eigenvalue weighted by molar-refractivity contribution is -0.143. The maximum Gasteiger partial charge on any atom is 0.323 e. The number of para-hydroxylation sites is 1. The topological polar surface area (TPSA) is 74.4 Å². The molecule has 7 heteroatoms. The molecule has 0 aliphatic heterocycles. The van der Waals surface area contributed by atoms with Crippen molar-refractivity contribution in [1.29, 1.82) is 0 Å². The molecule has 0 saturated carbocycles. The molecular weight excluding hydrogens is 387 g/mol. The van der Waals surface area contributed by atoms with Gasteiger partial charge in [-0.05, 0) is 29.3 Å². The number of methoxy groups -OCH3 is 1. The number of aliphatic hydroxyl groups excluding tert-OH is 1. The molecule has 27 heavy (non-hydrogen) atoms. The molecule has 2 atom stereocenters. The van der Waals surface area contributed by atoms with Crippen molar-refractivity contribution in [2.24, 2.45) is 0 Å². The first kappa shape index (κ1) is 21.3. The van der Waals surface area contributed by atoms with Crippen molar-refractivity contribution in [2.75, 3.05) is 13.7 Å². The Balaban J connectivity index is 0.00000261. The number of halogens is 2. The number of fused-ring (bicyclic) bond motifs is 1. The van der Waals surface area contributed by atoms with Crippen LogP contribution in [0.15, 0.2) is 54.7 Å². The molecule has 3 rings (SSSR count). The molecule has 0 bridgehead atoms. The normalized spacial score (nSPS) is 13.0. The maximum atomic E-state index is 12.2. The molecule has 0 fully saturated rings. The molecule has 0 saturated heterocycles. The molecule has 0 radical (unpaired) electrons. The lowest BCUT2D eigenvalue weighted by Crippen LogP contribution is -2.41. The van der Waals surface area contributed by atoms with Gasteiger partial charge < -0.3 is 20.1 Å². The standard InChI is InChI=1S/C20H21ClN2O3.ClH/c1-26-20(25)18(10-14-11-22-17-8-3-2-7-16(14)17)23-12-19(24)13-5-4-6-15(21)9-13;/h2-9,11,18-19,22-24H,10,12H2,1H3;1H/t18-,19?;/m0./s1. The summed E-state index contributed by atoms with van der Waals surface area (Å²) in [6, 6.07) is 14.4. The van der Waals surface area contributed by atoms with E-state index in [4.69, 9.17) is 16.3 Å². The van der Waals surface area contributed by atoms with Crippen molar-refractivity contribution in [3.8, 4) is 0 Å². The minimum absolute atomic E-state index is 0. The summed E-state index contributed by atoms with van der Waals surface area (Å²) in [5, 5.41) is 15.1. The second-order valence-electron chi connectivity index (χ2n) is 6.12. The van der Waals surface area contributed by atoms with Crippen molar-refractivity contribution in [3.05, 3.63) is 70.9 Å². The Bertz CT molecular complexity index is 898. The molecule has 0 amide bonds. The number of aliphatic hydroxyl groups is 1. The Labute approximate surface area is 169 Å². The van der Waals surface area contributed by atoms with E-state index in [0.29, 0.717) is 17.0 Å². The van der Waals surface area contributed by atoms with E-state index in [1.54, 1.807) is 24.3 Å². The average Bonchev–Trinajstić information content (AvgIpc) is 3.07. The van der Waals surface area contributed by atoms with E-state index in [0.717, 1.165) is 16.5 Å². The summed E-state index contributed by atoms with van der Waals surface area (Å²) in [6.45, 7) is 0.211. The Morgan fingerprint density at radius 3 is 2.78 bits per heavy atom. The number of hydrogen-bond acceptors (Lipinski definition) is 4. The minimum atomic E-state index is -0.774. The van der Waals surface area contributed by atoms with E-state index < -0.39 is 12.1 Å². The number of nitrogens with one attached hydrogen (secondary N) is 2. The molecule has 0 aliphatic carbocycles. The van der Waals surface area contributed by atoms with Gasteiger partial charge in [0.05, 0.1) is 13.2 Å². The van der Waals surface area contributed by atoms with Gasteiger partial charge in [-0.3, -0.25) is 4.79 Å². The van der Waals surface area contributed by atoms with Crippen LogP contribution >= 0.6 is 24.0 Å². The molecule has 1 aromatic heterocycles. The number of aromatic amines is 1. The molecular formula is C20H22Cl2N2O3. The summed E-state index contributed by atoms with van der Waals surface area (Å²) >= 11 is 5.97. The number of carbonyl (C=O) groups excluding carboxylic acids is 1. The SMILES string of the molecule is COC(=O)[C@H](Cc1c[nH]c2ccccc12)NCC(O)c1cccc(Cl)c1.Cl. The van der Waals surface area contributed by atoms with Crippen LogP contribution in [0.4, 0.5) is 0 Å². The third-order valence-corrected chi connectivity index (χ3v) is 4.61. The molecule has 1 unspecified atom stereocenters. The van der Waals surface area contributed by atoms with Gasteiger partial charge in [0.2, 0.25) is 0 Å². The number of benzene rings is 2. The summed E-state index contributed by atoms with van der Waals surface area (Å²) in [6.07, 6.45) is 1.58. The summed E-state index contributed by atoms with van der Waals surface area (Å²) in [5.74, 6) is -0.367. The quantitative estimate of drug-likeness (QED) is 0.521. The van der Waals surface area contributed by atoms with Crippen LogP contribution in [0.25, 0.3) is 10.9 Å². The van der Waals surface area contributed by atoms with Crippen molar-refractivity contribution in [2.45, 2.75) is 18.6 Å². The fourth-order valence-corrected chi connectivity index (χ4v) is 3.19. The number of esters is 1. The monoisotopic (exact) mass is 408 g/mol. The van der Waals surface area contributed by atoms with Gasteiger partial charge in [-0.15, -0.1) is 12.4 Å². The van der Waals surface area contributed by atoms with Crippen LogP contribution in [-0.4, -0.2) is 35.8 Å². The fourth-order valence-electron chi connectivity index (χ4n) is 2.99. The summed E-state index contributed by atoms with van der Waals surface area (Å²) in [7, 11) is 1.36. The van der Waals surface area contributed by atoms with E-state index in [2.05, 4.69) is 10.3 Å². The van der Waals surface area contributed by atoms with Crippen LogP contribution in [0.2, 0.25) is 5.02 Å². The average molecular weight is 409 g/mol. The van der Waals surface area contributed by atoms with Gasteiger partial charge in [0.1, 0.15) is 6.04 Å². The molecule has 1 heterocycles. The second-order valence-corrected chi connectivity index (χ2v) is 6.55. The Morgan fingerprint density at radius 1 is 1.26 bits per heavy atom. The maximum absolute atomic E-state index is 12.2. The first-order valence-electron chi connectivity index (χ1n) is 8.38. The van der Waals surface area contributed by atoms with Crippen LogP contribution in [0, 0.1) is 0 Å². The number of rotatable bonds is 7. The van der Waals surface area contributed by atoms with Crippen LogP contribution in [0.1, 0.15) is 17.2 Å². The predicted molar refractivity (Wildman–Crippen MR) is 109 cm³/mol. The van der Waals surface area contributed by atoms with Gasteiger partial charge in [-0.2, -0.15) is 0 Å². The van der Waals surface area contributed by atoms with Crippen LogP contribution in [0.5, 0.6) is 0 Å². The highest BCUT2D eigenvalue weighted by Crippen LogP contribution is 2.20. The highest BCUT2D eigenvalue weighted by molar-refractivity contribution is 6.30. The molecule has 144 valence electrons. The highest BCUT2D eigenvalue weighted by atomic mass is 35.5. The third-order valence-electron chi connectivity index (χ3n) is 4.38. The zero-order chi connectivity index (χ0) is 18.5. The Kier molecular flexibility index (Phi) is 7.68. The summed E-state index contributed by atoms with van der Waals surface area (Å²) < 4.78 is 4.92. The molecule has 0 aliphatic rings. The summed E-state index contributed by atoms with van der Waals surface area (Å²) in [4.78, 5) is 15.4. The first-order chi connectivity index (χ1) is 12.6. The zero-order valence-electron chi connectivity index (χ0n) is 14.8. The van der Waals surface area contributed by atoms with Gasteiger partial charge in [0.25, 0.3) is 0 Å². The first-order valence-corrected chi connectivity index (χ1v) is 8.76. The van der Waals surface area contributed by atoms with Gasteiger partial charge in [-0.25, -0.2) is 0 Å². The van der Waals surface area contributed by atoms with Crippen LogP contribution < -0.4 is 5.32 Å². The largest absolute Gasteiger partial charge is 0.468 e.